The molecule has 2 aliphatic heterocycles. The van der Waals surface area contributed by atoms with E-state index >= 15 is 0 Å². The van der Waals surface area contributed by atoms with Crippen LogP contribution in [0.15, 0.2) is 0 Å². The first-order valence-corrected chi connectivity index (χ1v) is 6.83. The number of hydrogen-bond donors (Lipinski definition) is 1. The number of nitrogens with one attached hydrogen (secondary N) is 1. The van der Waals surface area contributed by atoms with E-state index in [0.717, 1.165) is 0 Å². The number of piperazine rings is 1. The van der Waals surface area contributed by atoms with Crippen molar-refractivity contribution < 1.29 is 9.72 Å². The van der Waals surface area contributed by atoms with Crippen LogP contribution in [0.5, 0.6) is 0 Å². The maximum absolute atomic E-state index is 11.6. The molecule has 10 heteroatoms. The number of urea groups is 1. The van der Waals surface area contributed by atoms with Gasteiger partial charge in [0.1, 0.15) is 5.69 Å². The average Bonchev–Trinajstić information content (AvgIpc) is 2.78. The maximum Gasteiger partial charge on any atom is 0.332 e. The zero-order valence-corrected chi connectivity index (χ0v) is 12.0. The Morgan fingerprint density at radius 2 is 2.19 bits per heavy atom. The van der Waals surface area contributed by atoms with Crippen molar-refractivity contribution in [2.45, 2.75) is 13.0 Å². The number of fused-ring (bicyclic) bond motifs is 1. The van der Waals surface area contributed by atoms with E-state index in [9.17, 15) is 14.9 Å². The highest BCUT2D eigenvalue weighted by Gasteiger charge is 2.38. The third-order valence-electron chi connectivity index (χ3n) is 3.73. The molecule has 3 heterocycles. The summed E-state index contributed by atoms with van der Waals surface area (Å²) in [6.45, 7) is 3.51. The summed E-state index contributed by atoms with van der Waals surface area (Å²) in [7, 11) is 0. The van der Waals surface area contributed by atoms with Gasteiger partial charge in [-0.1, -0.05) is 0 Å². The lowest BCUT2D eigenvalue weighted by Crippen LogP contribution is -2.52. The van der Waals surface area contributed by atoms with E-state index in [0.29, 0.717) is 26.2 Å². The van der Waals surface area contributed by atoms with E-state index in [1.807, 2.05) is 0 Å². The Labute approximate surface area is 125 Å². The number of nitro groups is 1. The molecule has 1 aromatic rings. The third-order valence-corrected chi connectivity index (χ3v) is 3.90. The van der Waals surface area contributed by atoms with Crippen molar-refractivity contribution in [1.29, 1.82) is 0 Å². The van der Waals surface area contributed by atoms with Gasteiger partial charge in [0.25, 0.3) is 0 Å². The number of anilines is 1. The van der Waals surface area contributed by atoms with Crippen LogP contribution in [0, 0.1) is 17.0 Å². The molecule has 0 bridgehead atoms. The van der Waals surface area contributed by atoms with E-state index in [1.165, 1.54) is 6.92 Å². The number of aryl methyl sites for hydroxylation is 1. The van der Waals surface area contributed by atoms with Crippen LogP contribution >= 0.6 is 11.6 Å². The highest BCUT2D eigenvalue weighted by molar-refractivity contribution is 6.28. The Bertz CT molecular complexity index is 624. The molecule has 1 atom stereocenters. The molecule has 2 saturated heterocycles. The smallest absolute Gasteiger partial charge is 0.332 e. The van der Waals surface area contributed by atoms with E-state index in [1.54, 1.807) is 9.80 Å². The molecular formula is C11H13ClN6O3. The minimum absolute atomic E-state index is 0.0140. The first-order chi connectivity index (χ1) is 9.97. The number of hydrogen-bond acceptors (Lipinski definition) is 6. The van der Waals surface area contributed by atoms with Gasteiger partial charge in [-0.2, -0.15) is 4.98 Å². The fraction of sp³-hybridized carbons (Fsp3) is 0.545. The lowest BCUT2D eigenvalue weighted by molar-refractivity contribution is -0.385. The molecule has 0 spiro atoms. The number of amides is 2. The second-order valence-corrected chi connectivity index (χ2v) is 5.32. The van der Waals surface area contributed by atoms with Crippen molar-refractivity contribution in [3.63, 3.8) is 0 Å². The zero-order valence-electron chi connectivity index (χ0n) is 11.2. The molecular weight excluding hydrogens is 300 g/mol. The molecule has 2 fully saturated rings. The van der Waals surface area contributed by atoms with Crippen LogP contribution in [0.25, 0.3) is 0 Å². The minimum Gasteiger partial charge on any atom is -0.347 e. The van der Waals surface area contributed by atoms with Crippen molar-refractivity contribution in [2.75, 3.05) is 31.1 Å². The molecule has 0 aliphatic carbocycles. The Balaban J connectivity index is 1.94. The SMILES string of the molecule is Cc1nc(Cl)nc(N2CCN3C(=O)NCC3C2)c1[N+](=O)[O-]. The maximum atomic E-state index is 11.6. The standard InChI is InChI=1S/C11H13ClN6O3/c1-6-8(18(20)21)9(15-10(12)14-6)16-2-3-17-7(5-16)4-13-11(17)19/h7H,2-5H2,1H3,(H,13,19). The third kappa shape index (κ3) is 2.33. The monoisotopic (exact) mass is 312 g/mol. The molecule has 112 valence electrons. The Hall–Kier alpha value is -2.16. The molecule has 0 aromatic carbocycles. The predicted molar refractivity (Wildman–Crippen MR) is 74.5 cm³/mol. The summed E-state index contributed by atoms with van der Waals surface area (Å²) >= 11 is 5.83. The number of carbonyl (C=O) groups excluding carboxylic acids is 1. The van der Waals surface area contributed by atoms with Gasteiger partial charge in [0.05, 0.1) is 11.0 Å². The van der Waals surface area contributed by atoms with Crippen LogP contribution in [-0.2, 0) is 0 Å². The molecule has 1 aromatic heterocycles. The minimum atomic E-state index is -0.495. The fourth-order valence-corrected chi connectivity index (χ4v) is 2.96. The highest BCUT2D eigenvalue weighted by Crippen LogP contribution is 2.31. The van der Waals surface area contributed by atoms with Crippen LogP contribution in [0.3, 0.4) is 0 Å². The van der Waals surface area contributed by atoms with E-state index in [-0.39, 0.29) is 34.6 Å². The Morgan fingerprint density at radius 3 is 2.90 bits per heavy atom. The number of aromatic nitrogens is 2. The second kappa shape index (κ2) is 4.99. The summed E-state index contributed by atoms with van der Waals surface area (Å²) < 4.78 is 0. The van der Waals surface area contributed by atoms with Crippen molar-refractivity contribution in [3.05, 3.63) is 21.1 Å². The van der Waals surface area contributed by atoms with Gasteiger partial charge < -0.3 is 15.1 Å². The van der Waals surface area contributed by atoms with Gasteiger partial charge in [0, 0.05) is 26.2 Å². The van der Waals surface area contributed by atoms with Crippen molar-refractivity contribution in [1.82, 2.24) is 20.2 Å². The first kappa shape index (κ1) is 13.8. The summed E-state index contributed by atoms with van der Waals surface area (Å²) in [6, 6.07) is -0.106. The number of rotatable bonds is 2. The first-order valence-electron chi connectivity index (χ1n) is 6.45. The molecule has 2 amide bonds. The lowest BCUT2D eigenvalue weighted by Gasteiger charge is -2.36. The summed E-state index contributed by atoms with van der Waals surface area (Å²) in [5, 5.41) is 14.0. The molecule has 1 unspecified atom stereocenters. The summed E-state index contributed by atoms with van der Waals surface area (Å²) in [4.78, 5) is 33.7. The van der Waals surface area contributed by atoms with Crippen LogP contribution in [0.4, 0.5) is 16.3 Å². The fourth-order valence-electron chi connectivity index (χ4n) is 2.75. The number of nitrogens with zero attached hydrogens (tertiary/aromatic N) is 5. The summed E-state index contributed by atoms with van der Waals surface area (Å²) in [6.07, 6.45) is 0. The second-order valence-electron chi connectivity index (χ2n) is 4.99. The Kier molecular flexibility index (Phi) is 3.28. The van der Waals surface area contributed by atoms with E-state index in [4.69, 9.17) is 11.6 Å². The molecule has 1 N–H and O–H groups in total. The van der Waals surface area contributed by atoms with Crippen molar-refractivity contribution in [2.24, 2.45) is 0 Å². The number of halogens is 1. The average molecular weight is 313 g/mol. The lowest BCUT2D eigenvalue weighted by atomic mass is 10.2. The van der Waals surface area contributed by atoms with Gasteiger partial charge in [0.2, 0.25) is 11.1 Å². The summed E-state index contributed by atoms with van der Waals surface area (Å²) in [5.41, 5.74) is 0.100. The molecule has 9 nitrogen and oxygen atoms in total. The zero-order chi connectivity index (χ0) is 15.1. The normalized spacial score (nSPS) is 21.2. The van der Waals surface area contributed by atoms with Gasteiger partial charge in [-0.15, -0.1) is 0 Å². The van der Waals surface area contributed by atoms with Gasteiger partial charge in [-0.25, -0.2) is 9.78 Å². The largest absolute Gasteiger partial charge is 0.347 e. The van der Waals surface area contributed by atoms with Crippen LogP contribution in [0.2, 0.25) is 5.28 Å². The van der Waals surface area contributed by atoms with Gasteiger partial charge >= 0.3 is 11.7 Å². The molecule has 0 saturated carbocycles. The predicted octanol–water partition coefficient (Wildman–Crippen LogP) is 0.560. The van der Waals surface area contributed by atoms with Crippen LogP contribution in [-0.4, -0.2) is 58.0 Å². The van der Waals surface area contributed by atoms with E-state index < -0.39 is 4.92 Å². The van der Waals surface area contributed by atoms with Crippen LogP contribution < -0.4 is 10.2 Å². The molecule has 21 heavy (non-hydrogen) atoms. The summed E-state index contributed by atoms with van der Waals surface area (Å²) in [5.74, 6) is 0.219. The quantitative estimate of drug-likeness (QED) is 0.486. The van der Waals surface area contributed by atoms with Crippen LogP contribution in [0.1, 0.15) is 5.69 Å². The molecule has 0 radical (unpaired) electrons. The number of carbonyl (C=O) groups is 1. The van der Waals surface area contributed by atoms with Crippen molar-refractivity contribution in [3.8, 4) is 0 Å². The molecule has 3 rings (SSSR count). The van der Waals surface area contributed by atoms with Crippen molar-refractivity contribution >= 4 is 29.1 Å². The molecule has 2 aliphatic rings. The Morgan fingerprint density at radius 1 is 1.43 bits per heavy atom. The highest BCUT2D eigenvalue weighted by atomic mass is 35.5. The van der Waals surface area contributed by atoms with Gasteiger partial charge in [0.15, 0.2) is 0 Å². The topological polar surface area (TPSA) is 104 Å². The van der Waals surface area contributed by atoms with Gasteiger partial charge in [-0.3, -0.25) is 10.1 Å². The van der Waals surface area contributed by atoms with Gasteiger partial charge in [-0.05, 0) is 18.5 Å². The van der Waals surface area contributed by atoms with E-state index in [2.05, 4.69) is 15.3 Å².